The van der Waals surface area contributed by atoms with E-state index in [0.29, 0.717) is 5.76 Å². The van der Waals surface area contributed by atoms with Crippen molar-refractivity contribution in [1.29, 1.82) is 0 Å². The number of allylic oxidation sites excluding steroid dienone is 2. The highest BCUT2D eigenvalue weighted by Crippen LogP contribution is 2.08. The van der Waals surface area contributed by atoms with Gasteiger partial charge in [-0.3, -0.25) is 0 Å². The van der Waals surface area contributed by atoms with Crippen molar-refractivity contribution in [2.24, 2.45) is 0 Å². The lowest BCUT2D eigenvalue weighted by Crippen LogP contribution is -1.82. The van der Waals surface area contributed by atoms with Crippen LogP contribution in [-0.4, -0.2) is 5.11 Å². The van der Waals surface area contributed by atoms with Crippen LogP contribution in [0.2, 0.25) is 0 Å². The fourth-order valence-corrected chi connectivity index (χ4v) is 0.623. The standard InChI is InChI=1S/C8H16O/c1-4-5-6-7(2)8(3)9/h9H,4-6H2,1-3H3. The van der Waals surface area contributed by atoms with Gasteiger partial charge < -0.3 is 5.11 Å². The largest absolute Gasteiger partial charge is 0.513 e. The molecule has 0 aliphatic carbocycles. The van der Waals surface area contributed by atoms with Crippen LogP contribution >= 0.6 is 0 Å². The molecule has 1 N–H and O–H groups in total. The van der Waals surface area contributed by atoms with Crippen LogP contribution in [0.5, 0.6) is 0 Å². The molecule has 0 aliphatic rings. The maximum Gasteiger partial charge on any atom is 0.0880 e. The van der Waals surface area contributed by atoms with Crippen LogP contribution < -0.4 is 0 Å². The molecule has 0 amide bonds. The Morgan fingerprint density at radius 2 is 1.89 bits per heavy atom. The molecule has 54 valence electrons. The van der Waals surface area contributed by atoms with Gasteiger partial charge in [0.25, 0.3) is 0 Å². The summed E-state index contributed by atoms with van der Waals surface area (Å²) in [5.74, 6) is 0.489. The Morgan fingerprint density at radius 3 is 2.22 bits per heavy atom. The lowest BCUT2D eigenvalue weighted by molar-refractivity contribution is 0.403. The highest BCUT2D eigenvalue weighted by Gasteiger charge is 1.91. The molecule has 0 saturated heterocycles. The third kappa shape index (κ3) is 4.07. The van der Waals surface area contributed by atoms with Crippen molar-refractivity contribution in [1.82, 2.24) is 0 Å². The molecule has 0 aromatic rings. The van der Waals surface area contributed by atoms with E-state index in [1.807, 2.05) is 6.92 Å². The maximum atomic E-state index is 8.93. The predicted octanol–water partition coefficient (Wildman–Crippen LogP) is 3.03. The summed E-state index contributed by atoms with van der Waals surface area (Å²) >= 11 is 0. The zero-order valence-corrected chi connectivity index (χ0v) is 6.57. The molecule has 0 atom stereocenters. The molecule has 0 heterocycles. The van der Waals surface area contributed by atoms with Gasteiger partial charge in [0, 0.05) is 0 Å². The summed E-state index contributed by atoms with van der Waals surface area (Å²) in [5, 5.41) is 8.93. The molecule has 1 nitrogen and oxygen atoms in total. The van der Waals surface area contributed by atoms with E-state index in [1.54, 1.807) is 6.92 Å². The Kier molecular flexibility index (Phi) is 4.20. The van der Waals surface area contributed by atoms with Crippen molar-refractivity contribution in [2.75, 3.05) is 0 Å². The number of hydrogen-bond acceptors (Lipinski definition) is 1. The number of hydrogen-bond donors (Lipinski definition) is 1. The zero-order valence-electron chi connectivity index (χ0n) is 6.57. The summed E-state index contributed by atoms with van der Waals surface area (Å²) in [5.41, 5.74) is 1.12. The van der Waals surface area contributed by atoms with Gasteiger partial charge in [0.15, 0.2) is 0 Å². The van der Waals surface area contributed by atoms with Gasteiger partial charge in [0.1, 0.15) is 0 Å². The first-order valence-electron chi connectivity index (χ1n) is 3.53. The number of aliphatic hydroxyl groups excluding tert-OH is 1. The monoisotopic (exact) mass is 128 g/mol. The van der Waals surface area contributed by atoms with E-state index in [0.717, 1.165) is 12.0 Å². The smallest absolute Gasteiger partial charge is 0.0880 e. The molecule has 0 fully saturated rings. The van der Waals surface area contributed by atoms with Crippen LogP contribution in [0.15, 0.2) is 11.3 Å². The molecule has 0 aromatic carbocycles. The highest BCUT2D eigenvalue weighted by atomic mass is 16.3. The molecule has 0 radical (unpaired) electrons. The molecule has 0 rings (SSSR count). The molecule has 0 saturated carbocycles. The average molecular weight is 128 g/mol. The molecule has 0 bridgehead atoms. The van der Waals surface area contributed by atoms with Gasteiger partial charge in [-0.25, -0.2) is 0 Å². The van der Waals surface area contributed by atoms with Crippen molar-refractivity contribution < 1.29 is 5.11 Å². The minimum absolute atomic E-state index is 0.489. The summed E-state index contributed by atoms with van der Waals surface area (Å²) in [7, 11) is 0. The predicted molar refractivity (Wildman–Crippen MR) is 40.5 cm³/mol. The van der Waals surface area contributed by atoms with E-state index in [1.165, 1.54) is 12.8 Å². The van der Waals surface area contributed by atoms with Crippen molar-refractivity contribution >= 4 is 0 Å². The minimum atomic E-state index is 0.489. The van der Waals surface area contributed by atoms with Gasteiger partial charge in [0.05, 0.1) is 5.76 Å². The van der Waals surface area contributed by atoms with E-state index >= 15 is 0 Å². The van der Waals surface area contributed by atoms with Crippen molar-refractivity contribution in [2.45, 2.75) is 40.0 Å². The number of aliphatic hydroxyl groups is 1. The van der Waals surface area contributed by atoms with Crippen LogP contribution in [0.3, 0.4) is 0 Å². The van der Waals surface area contributed by atoms with Crippen LogP contribution in [0.1, 0.15) is 40.0 Å². The second-order valence-corrected chi connectivity index (χ2v) is 2.47. The second kappa shape index (κ2) is 4.42. The first-order valence-corrected chi connectivity index (χ1v) is 3.53. The van der Waals surface area contributed by atoms with Gasteiger partial charge in [-0.05, 0) is 32.3 Å². The zero-order chi connectivity index (χ0) is 7.28. The van der Waals surface area contributed by atoms with Gasteiger partial charge >= 0.3 is 0 Å². The lowest BCUT2D eigenvalue weighted by Gasteiger charge is -1.99. The molecule has 9 heavy (non-hydrogen) atoms. The van der Waals surface area contributed by atoms with Gasteiger partial charge in [0.2, 0.25) is 0 Å². The Morgan fingerprint density at radius 1 is 1.33 bits per heavy atom. The van der Waals surface area contributed by atoms with Crippen LogP contribution in [0.25, 0.3) is 0 Å². The third-order valence-corrected chi connectivity index (χ3v) is 1.52. The Labute approximate surface area is 57.4 Å². The highest BCUT2D eigenvalue weighted by molar-refractivity contribution is 5.00. The van der Waals surface area contributed by atoms with E-state index < -0.39 is 0 Å². The second-order valence-electron chi connectivity index (χ2n) is 2.47. The van der Waals surface area contributed by atoms with E-state index in [9.17, 15) is 0 Å². The fraction of sp³-hybridized carbons (Fsp3) is 0.750. The van der Waals surface area contributed by atoms with Crippen molar-refractivity contribution in [3.63, 3.8) is 0 Å². The topological polar surface area (TPSA) is 20.2 Å². The van der Waals surface area contributed by atoms with Crippen LogP contribution in [-0.2, 0) is 0 Å². The third-order valence-electron chi connectivity index (χ3n) is 1.52. The summed E-state index contributed by atoms with van der Waals surface area (Å²) in [6.07, 6.45) is 3.42. The van der Waals surface area contributed by atoms with Crippen LogP contribution in [0.4, 0.5) is 0 Å². The summed E-state index contributed by atoms with van der Waals surface area (Å²) in [4.78, 5) is 0. The maximum absolute atomic E-state index is 8.93. The molecule has 0 unspecified atom stereocenters. The first-order chi connectivity index (χ1) is 4.18. The van der Waals surface area contributed by atoms with Gasteiger partial charge in [-0.2, -0.15) is 0 Å². The molecule has 0 spiro atoms. The normalized spacial score (nSPS) is 13.2. The molecule has 0 aliphatic heterocycles. The molecule has 0 aromatic heterocycles. The molecular formula is C8H16O. The Bertz CT molecular complexity index is 99.1. The minimum Gasteiger partial charge on any atom is -0.513 e. The SMILES string of the molecule is CCCCC(C)=C(C)O. The average Bonchev–Trinajstić information content (AvgIpc) is 1.82. The molecular weight excluding hydrogens is 112 g/mol. The lowest BCUT2D eigenvalue weighted by atomic mass is 10.1. The Hall–Kier alpha value is -0.460. The van der Waals surface area contributed by atoms with Gasteiger partial charge in [-0.15, -0.1) is 0 Å². The van der Waals surface area contributed by atoms with E-state index in [4.69, 9.17) is 5.11 Å². The molecule has 1 heteroatoms. The van der Waals surface area contributed by atoms with Crippen molar-refractivity contribution in [3.8, 4) is 0 Å². The number of rotatable bonds is 3. The van der Waals surface area contributed by atoms with Crippen LogP contribution in [0, 0.1) is 0 Å². The summed E-state index contributed by atoms with van der Waals surface area (Å²) in [6.45, 7) is 5.87. The quantitative estimate of drug-likeness (QED) is 0.579. The Balaban J connectivity index is 3.50. The fourth-order valence-electron chi connectivity index (χ4n) is 0.623. The van der Waals surface area contributed by atoms with Gasteiger partial charge in [-0.1, -0.05) is 13.3 Å². The summed E-state index contributed by atoms with van der Waals surface area (Å²) < 4.78 is 0. The van der Waals surface area contributed by atoms with Crippen molar-refractivity contribution in [3.05, 3.63) is 11.3 Å². The summed E-state index contributed by atoms with van der Waals surface area (Å²) in [6, 6.07) is 0. The van der Waals surface area contributed by atoms with E-state index in [-0.39, 0.29) is 0 Å². The first kappa shape index (κ1) is 8.54. The van der Waals surface area contributed by atoms with E-state index in [2.05, 4.69) is 6.92 Å². The number of unbranched alkanes of at least 4 members (excludes halogenated alkanes) is 1.